The van der Waals surface area contributed by atoms with Crippen LogP contribution in [0.5, 0.6) is 0 Å². The third-order valence-electron chi connectivity index (χ3n) is 4.96. The summed E-state index contributed by atoms with van der Waals surface area (Å²) >= 11 is 12.1. The summed E-state index contributed by atoms with van der Waals surface area (Å²) < 4.78 is 13.7. The maximum Gasteiger partial charge on any atom is 0.254 e. The molecule has 0 spiro atoms. The van der Waals surface area contributed by atoms with E-state index in [4.69, 9.17) is 28.0 Å². The number of benzene rings is 3. The number of amides is 1. The molecule has 4 rings (SSSR count). The van der Waals surface area contributed by atoms with Gasteiger partial charge in [0, 0.05) is 28.6 Å². The highest BCUT2D eigenvalue weighted by atomic mass is 35.5. The van der Waals surface area contributed by atoms with E-state index in [0.717, 1.165) is 16.8 Å². The Hall–Kier alpha value is -2.89. The highest BCUT2D eigenvalue weighted by molar-refractivity contribution is 6.31. The van der Waals surface area contributed by atoms with E-state index >= 15 is 0 Å². The Morgan fingerprint density at radius 1 is 1.03 bits per heavy atom. The third-order valence-corrected chi connectivity index (χ3v) is 5.44. The average molecular weight is 457 g/mol. The number of hydrogen-bond acceptors (Lipinski definition) is 3. The Bertz CT molecular complexity index is 1120. The second-order valence-electron chi connectivity index (χ2n) is 7.30. The highest BCUT2D eigenvalue weighted by Crippen LogP contribution is 2.22. The molecule has 0 aromatic heterocycles. The van der Waals surface area contributed by atoms with Crippen molar-refractivity contribution >= 4 is 34.8 Å². The first-order valence-corrected chi connectivity index (χ1v) is 10.5. The number of halogens is 3. The van der Waals surface area contributed by atoms with Crippen LogP contribution in [-0.2, 0) is 11.4 Å². The Morgan fingerprint density at radius 3 is 2.55 bits per heavy atom. The predicted molar refractivity (Wildman–Crippen MR) is 120 cm³/mol. The van der Waals surface area contributed by atoms with Crippen LogP contribution >= 0.6 is 23.2 Å². The van der Waals surface area contributed by atoms with Crippen molar-refractivity contribution < 1.29 is 14.0 Å². The molecule has 3 aromatic carbocycles. The quantitative estimate of drug-likeness (QED) is 0.458. The summed E-state index contributed by atoms with van der Waals surface area (Å²) in [5.41, 5.74) is 2.86. The van der Waals surface area contributed by atoms with Gasteiger partial charge in [-0.15, -0.1) is 0 Å². The largest absolute Gasteiger partial charge is 0.390 e. The van der Waals surface area contributed by atoms with Crippen molar-refractivity contribution in [2.24, 2.45) is 5.16 Å². The van der Waals surface area contributed by atoms with E-state index in [2.05, 4.69) is 5.16 Å². The van der Waals surface area contributed by atoms with E-state index < -0.39 is 5.82 Å². The Labute approximate surface area is 189 Å². The van der Waals surface area contributed by atoms with Gasteiger partial charge in [-0.2, -0.15) is 0 Å². The van der Waals surface area contributed by atoms with Gasteiger partial charge in [-0.1, -0.05) is 58.7 Å². The number of oxime groups is 1. The molecule has 3 aromatic rings. The van der Waals surface area contributed by atoms with Crippen LogP contribution < -0.4 is 0 Å². The third kappa shape index (κ3) is 5.43. The number of rotatable bonds is 6. The van der Waals surface area contributed by atoms with E-state index in [1.54, 1.807) is 35.2 Å². The van der Waals surface area contributed by atoms with E-state index in [9.17, 15) is 9.18 Å². The molecule has 0 aliphatic carbocycles. The highest BCUT2D eigenvalue weighted by Gasteiger charge is 2.27. The van der Waals surface area contributed by atoms with Crippen molar-refractivity contribution in [1.82, 2.24) is 4.90 Å². The van der Waals surface area contributed by atoms with Crippen molar-refractivity contribution in [3.63, 3.8) is 0 Å². The molecule has 0 saturated carbocycles. The van der Waals surface area contributed by atoms with Gasteiger partial charge in [0.2, 0.25) is 0 Å². The van der Waals surface area contributed by atoms with Gasteiger partial charge in [0.1, 0.15) is 5.82 Å². The van der Waals surface area contributed by atoms with Gasteiger partial charge in [-0.25, -0.2) is 4.39 Å². The second-order valence-corrected chi connectivity index (χ2v) is 8.18. The van der Waals surface area contributed by atoms with Crippen LogP contribution in [0, 0.1) is 5.82 Å². The van der Waals surface area contributed by atoms with Gasteiger partial charge >= 0.3 is 0 Å². The fraction of sp³-hybridized carbons (Fsp3) is 0.167. The number of hydrogen-bond donors (Lipinski definition) is 0. The van der Waals surface area contributed by atoms with Crippen molar-refractivity contribution in [2.75, 3.05) is 6.54 Å². The zero-order valence-electron chi connectivity index (χ0n) is 16.5. The average Bonchev–Trinajstić information content (AvgIpc) is 3.22. The molecule has 1 amide bonds. The van der Waals surface area contributed by atoms with E-state index in [0.29, 0.717) is 29.6 Å². The Morgan fingerprint density at radius 2 is 1.81 bits per heavy atom. The lowest BCUT2D eigenvalue weighted by Crippen LogP contribution is -2.37. The minimum absolute atomic E-state index is 0.277. The predicted octanol–water partition coefficient (Wildman–Crippen LogP) is 5.97. The fourth-order valence-electron chi connectivity index (χ4n) is 3.46. The maximum atomic E-state index is 13.7. The molecule has 1 atom stereocenters. The number of nitrogens with zero attached hydrogens (tertiary/aromatic N) is 2. The van der Waals surface area contributed by atoms with Crippen LogP contribution in [0.4, 0.5) is 4.39 Å². The Balaban J connectivity index is 1.52. The molecule has 1 aliphatic heterocycles. The van der Waals surface area contributed by atoms with Crippen LogP contribution in [0.25, 0.3) is 0 Å². The molecule has 0 unspecified atom stereocenters. The number of carbonyl (C=O) groups is 1. The van der Waals surface area contributed by atoms with Gasteiger partial charge in [-0.05, 0) is 53.6 Å². The topological polar surface area (TPSA) is 41.9 Å². The van der Waals surface area contributed by atoms with Crippen molar-refractivity contribution in [3.05, 3.63) is 105 Å². The molecule has 1 aliphatic rings. The first kappa shape index (κ1) is 21.3. The van der Waals surface area contributed by atoms with Crippen molar-refractivity contribution in [1.29, 1.82) is 0 Å². The lowest BCUT2D eigenvalue weighted by molar-refractivity contribution is 0.0405. The van der Waals surface area contributed by atoms with Crippen LogP contribution in [0.3, 0.4) is 0 Å². The van der Waals surface area contributed by atoms with Crippen LogP contribution in [-0.4, -0.2) is 29.2 Å². The minimum atomic E-state index is -0.459. The second kappa shape index (κ2) is 9.50. The monoisotopic (exact) mass is 456 g/mol. The lowest BCUT2D eigenvalue weighted by atomic mass is 10.0. The molecule has 4 nitrogen and oxygen atoms in total. The van der Waals surface area contributed by atoms with Gasteiger partial charge in [0.25, 0.3) is 5.91 Å². The standard InChI is InChI=1S/C24H19Cl2FN2O2/c25-19-9-7-17(8-10-19)23-13-22(31-28-23)15-29(14-16-3-1-5-20(26)11-16)24(30)18-4-2-6-21(27)12-18/h1-12,22H,13-15H2/t22-/m0/s1. The van der Waals surface area contributed by atoms with E-state index in [-0.39, 0.29) is 17.6 Å². The molecular formula is C24H19Cl2FN2O2. The van der Waals surface area contributed by atoms with Gasteiger partial charge < -0.3 is 9.74 Å². The maximum absolute atomic E-state index is 13.7. The van der Waals surface area contributed by atoms with Gasteiger partial charge in [0.05, 0.1) is 12.3 Å². The van der Waals surface area contributed by atoms with Crippen molar-refractivity contribution in [2.45, 2.75) is 19.1 Å². The summed E-state index contributed by atoms with van der Waals surface area (Å²) in [6.07, 6.45) is 0.228. The van der Waals surface area contributed by atoms with Gasteiger partial charge in [0.15, 0.2) is 6.10 Å². The molecule has 1 heterocycles. The van der Waals surface area contributed by atoms with E-state index in [1.807, 2.05) is 24.3 Å². The lowest BCUT2D eigenvalue weighted by Gasteiger charge is -2.25. The summed E-state index contributed by atoms with van der Waals surface area (Å²) in [6.45, 7) is 0.606. The first-order valence-electron chi connectivity index (χ1n) is 9.76. The first-order chi connectivity index (χ1) is 15.0. The molecule has 31 heavy (non-hydrogen) atoms. The summed E-state index contributed by atoms with van der Waals surface area (Å²) in [5.74, 6) is -0.748. The summed E-state index contributed by atoms with van der Waals surface area (Å²) in [6, 6.07) is 20.3. The molecule has 0 N–H and O–H groups in total. The molecular weight excluding hydrogens is 438 g/mol. The molecule has 0 fully saturated rings. The smallest absolute Gasteiger partial charge is 0.254 e. The summed E-state index contributed by atoms with van der Waals surface area (Å²) in [5, 5.41) is 5.42. The SMILES string of the molecule is O=C(c1cccc(F)c1)N(Cc1cccc(Cl)c1)C[C@@H]1CC(c2ccc(Cl)cc2)=NO1. The van der Waals surface area contributed by atoms with Crippen LogP contribution in [0.2, 0.25) is 10.0 Å². The minimum Gasteiger partial charge on any atom is -0.390 e. The summed E-state index contributed by atoms with van der Waals surface area (Å²) in [7, 11) is 0. The Kier molecular flexibility index (Phi) is 6.54. The molecule has 158 valence electrons. The van der Waals surface area contributed by atoms with Gasteiger partial charge in [-0.3, -0.25) is 4.79 Å². The fourth-order valence-corrected chi connectivity index (χ4v) is 3.80. The molecule has 7 heteroatoms. The van der Waals surface area contributed by atoms with Crippen molar-refractivity contribution in [3.8, 4) is 0 Å². The molecule has 0 saturated heterocycles. The zero-order valence-corrected chi connectivity index (χ0v) is 18.0. The van der Waals surface area contributed by atoms with E-state index in [1.165, 1.54) is 18.2 Å². The van der Waals surface area contributed by atoms with Crippen LogP contribution in [0.15, 0.2) is 78.0 Å². The number of carbonyl (C=O) groups excluding carboxylic acids is 1. The summed E-state index contributed by atoms with van der Waals surface area (Å²) in [4.78, 5) is 20.4. The normalized spacial score (nSPS) is 15.3. The molecule has 0 radical (unpaired) electrons. The van der Waals surface area contributed by atoms with Crippen LogP contribution in [0.1, 0.15) is 27.9 Å². The zero-order chi connectivity index (χ0) is 21.8. The molecule has 0 bridgehead atoms.